The van der Waals surface area contributed by atoms with Gasteiger partial charge in [0.25, 0.3) is 0 Å². The zero-order chi connectivity index (χ0) is 15.6. The Bertz CT molecular complexity index is 614. The molecule has 4 nitrogen and oxygen atoms in total. The average Bonchev–Trinajstić information content (AvgIpc) is 2.42. The first-order valence-corrected chi connectivity index (χ1v) is 9.31. The van der Waals surface area contributed by atoms with Gasteiger partial charge in [0.1, 0.15) is 10.7 Å². The lowest BCUT2D eigenvalue weighted by atomic mass is 9.83. The number of hydrogen-bond donors (Lipinski definition) is 2. The summed E-state index contributed by atoms with van der Waals surface area (Å²) >= 11 is 2.98. The molecule has 1 aromatic carbocycles. The Hall–Kier alpha value is -0.660. The van der Waals surface area contributed by atoms with Gasteiger partial charge in [0.2, 0.25) is 10.0 Å². The number of nitrogen functional groups attached to an aromatic ring is 1. The Morgan fingerprint density at radius 3 is 2.57 bits per heavy atom. The SMILES string of the molecule is CC1CCC(CNS(=O)(=O)c2cc(Br)c(F)cc2N)CC1. The lowest BCUT2D eigenvalue weighted by Gasteiger charge is -2.26. The van der Waals surface area contributed by atoms with Crippen molar-refractivity contribution in [3.8, 4) is 0 Å². The highest BCUT2D eigenvalue weighted by molar-refractivity contribution is 9.10. The maximum absolute atomic E-state index is 13.3. The van der Waals surface area contributed by atoms with Crippen molar-refractivity contribution in [2.75, 3.05) is 12.3 Å². The summed E-state index contributed by atoms with van der Waals surface area (Å²) in [7, 11) is -3.71. The average molecular weight is 379 g/mol. The maximum Gasteiger partial charge on any atom is 0.242 e. The Balaban J connectivity index is 2.07. The van der Waals surface area contributed by atoms with E-state index in [4.69, 9.17) is 5.73 Å². The number of sulfonamides is 1. The third kappa shape index (κ3) is 4.17. The summed E-state index contributed by atoms with van der Waals surface area (Å²) in [5, 5.41) is 0. The van der Waals surface area contributed by atoms with Gasteiger partial charge in [0, 0.05) is 6.54 Å². The third-order valence-corrected chi connectivity index (χ3v) is 6.13. The minimum absolute atomic E-state index is 0.0829. The number of rotatable bonds is 4. The molecule has 1 aromatic rings. The van der Waals surface area contributed by atoms with E-state index >= 15 is 0 Å². The van der Waals surface area contributed by atoms with Gasteiger partial charge < -0.3 is 5.73 Å². The van der Waals surface area contributed by atoms with Crippen LogP contribution in [0, 0.1) is 17.7 Å². The highest BCUT2D eigenvalue weighted by Crippen LogP contribution is 2.29. The standard InChI is InChI=1S/C14H20BrFN2O2S/c1-9-2-4-10(5-3-9)8-18-21(19,20)14-6-11(15)12(16)7-13(14)17/h6-7,9-10,18H,2-5,8,17H2,1H3. The van der Waals surface area contributed by atoms with E-state index in [0.717, 1.165) is 37.7 Å². The summed E-state index contributed by atoms with van der Waals surface area (Å²) in [6.07, 6.45) is 4.34. The predicted octanol–water partition coefficient (Wildman–Crippen LogP) is 3.28. The molecule has 2 rings (SSSR count). The van der Waals surface area contributed by atoms with Crippen LogP contribution < -0.4 is 10.5 Å². The topological polar surface area (TPSA) is 72.2 Å². The van der Waals surface area contributed by atoms with Crippen molar-refractivity contribution >= 4 is 31.6 Å². The molecule has 0 saturated heterocycles. The van der Waals surface area contributed by atoms with E-state index in [2.05, 4.69) is 27.6 Å². The van der Waals surface area contributed by atoms with Gasteiger partial charge in [-0.3, -0.25) is 0 Å². The first kappa shape index (κ1) is 16.7. The molecule has 3 N–H and O–H groups in total. The number of halogens is 2. The van der Waals surface area contributed by atoms with Crippen molar-refractivity contribution in [3.63, 3.8) is 0 Å². The largest absolute Gasteiger partial charge is 0.398 e. The van der Waals surface area contributed by atoms with Crippen LogP contribution in [0.3, 0.4) is 0 Å². The quantitative estimate of drug-likeness (QED) is 0.789. The van der Waals surface area contributed by atoms with Gasteiger partial charge in [-0.2, -0.15) is 0 Å². The molecule has 0 unspecified atom stereocenters. The van der Waals surface area contributed by atoms with Gasteiger partial charge in [-0.05, 0) is 52.7 Å². The van der Waals surface area contributed by atoms with Crippen LogP contribution in [0.4, 0.5) is 10.1 Å². The summed E-state index contributed by atoms with van der Waals surface area (Å²) in [5.41, 5.74) is 5.54. The van der Waals surface area contributed by atoms with Gasteiger partial charge in [-0.15, -0.1) is 0 Å². The Kier molecular flexibility index (Phi) is 5.27. The second-order valence-corrected chi connectivity index (χ2v) is 8.37. The molecule has 118 valence electrons. The molecule has 21 heavy (non-hydrogen) atoms. The molecule has 1 saturated carbocycles. The number of nitrogens with two attached hydrogens (primary N) is 1. The fraction of sp³-hybridized carbons (Fsp3) is 0.571. The Labute approximate surface area is 133 Å². The van der Waals surface area contributed by atoms with Crippen molar-refractivity contribution in [1.29, 1.82) is 0 Å². The van der Waals surface area contributed by atoms with Crippen molar-refractivity contribution in [3.05, 3.63) is 22.4 Å². The van der Waals surface area contributed by atoms with Crippen LogP contribution in [0.2, 0.25) is 0 Å². The summed E-state index contributed by atoms with van der Waals surface area (Å²) in [6.45, 7) is 2.63. The van der Waals surface area contributed by atoms with Crippen LogP contribution >= 0.6 is 15.9 Å². The van der Waals surface area contributed by atoms with Crippen LogP contribution in [-0.2, 0) is 10.0 Å². The van der Waals surface area contributed by atoms with Gasteiger partial charge in [-0.1, -0.05) is 19.8 Å². The molecule has 0 atom stereocenters. The van der Waals surface area contributed by atoms with Gasteiger partial charge >= 0.3 is 0 Å². The van der Waals surface area contributed by atoms with Gasteiger partial charge in [-0.25, -0.2) is 17.5 Å². The monoisotopic (exact) mass is 378 g/mol. The molecule has 0 aromatic heterocycles. The van der Waals surface area contributed by atoms with Crippen LogP contribution in [-0.4, -0.2) is 15.0 Å². The summed E-state index contributed by atoms with van der Waals surface area (Å²) < 4.78 is 40.6. The number of nitrogens with one attached hydrogen (secondary N) is 1. The van der Waals surface area contributed by atoms with Crippen molar-refractivity contribution in [2.24, 2.45) is 11.8 Å². The number of hydrogen-bond acceptors (Lipinski definition) is 3. The van der Waals surface area contributed by atoms with Gasteiger partial charge in [0.05, 0.1) is 10.2 Å². The molecular weight excluding hydrogens is 359 g/mol. The molecule has 0 bridgehead atoms. The van der Waals surface area contributed by atoms with Crippen LogP contribution in [0.5, 0.6) is 0 Å². The first-order valence-electron chi connectivity index (χ1n) is 7.04. The summed E-state index contributed by atoms with van der Waals surface area (Å²) in [5.74, 6) is 0.510. The highest BCUT2D eigenvalue weighted by Gasteiger charge is 2.23. The molecule has 0 heterocycles. The number of benzene rings is 1. The highest BCUT2D eigenvalue weighted by atomic mass is 79.9. The Morgan fingerprint density at radius 2 is 1.95 bits per heavy atom. The second kappa shape index (κ2) is 6.62. The molecule has 0 spiro atoms. The molecular formula is C14H20BrFN2O2S. The molecule has 1 aliphatic rings. The van der Waals surface area contributed by atoms with Crippen LogP contribution in [0.15, 0.2) is 21.5 Å². The molecule has 7 heteroatoms. The lowest BCUT2D eigenvalue weighted by Crippen LogP contribution is -2.31. The van der Waals surface area contributed by atoms with Crippen LogP contribution in [0.1, 0.15) is 32.6 Å². The molecule has 0 aliphatic heterocycles. The zero-order valence-corrected chi connectivity index (χ0v) is 14.3. The van der Waals surface area contributed by atoms with E-state index in [0.29, 0.717) is 12.5 Å². The first-order chi connectivity index (χ1) is 9.79. The van der Waals surface area contributed by atoms with E-state index in [-0.39, 0.29) is 15.1 Å². The second-order valence-electron chi connectivity index (χ2n) is 5.78. The van der Waals surface area contributed by atoms with Crippen molar-refractivity contribution in [2.45, 2.75) is 37.5 Å². The zero-order valence-electron chi connectivity index (χ0n) is 11.9. The normalized spacial score (nSPS) is 23.2. The molecule has 0 amide bonds. The lowest BCUT2D eigenvalue weighted by molar-refractivity contribution is 0.290. The van der Waals surface area contributed by atoms with Gasteiger partial charge in [0.15, 0.2) is 0 Å². The minimum Gasteiger partial charge on any atom is -0.398 e. The Morgan fingerprint density at radius 1 is 1.33 bits per heavy atom. The molecule has 0 radical (unpaired) electrons. The number of anilines is 1. The van der Waals surface area contributed by atoms with Crippen LogP contribution in [0.25, 0.3) is 0 Å². The fourth-order valence-corrected chi connectivity index (χ4v) is 4.36. The van der Waals surface area contributed by atoms with E-state index in [9.17, 15) is 12.8 Å². The van der Waals surface area contributed by atoms with Crippen molar-refractivity contribution < 1.29 is 12.8 Å². The van der Waals surface area contributed by atoms with E-state index < -0.39 is 15.8 Å². The smallest absolute Gasteiger partial charge is 0.242 e. The third-order valence-electron chi connectivity index (χ3n) is 4.04. The fourth-order valence-electron chi connectivity index (χ4n) is 2.62. The minimum atomic E-state index is -3.71. The van der Waals surface area contributed by atoms with E-state index in [1.54, 1.807) is 0 Å². The molecule has 1 aliphatic carbocycles. The van der Waals surface area contributed by atoms with Crippen molar-refractivity contribution in [1.82, 2.24) is 4.72 Å². The summed E-state index contributed by atoms with van der Waals surface area (Å²) in [4.78, 5) is -0.0834. The molecule has 1 fully saturated rings. The van der Waals surface area contributed by atoms with E-state index in [1.807, 2.05) is 0 Å². The summed E-state index contributed by atoms with van der Waals surface area (Å²) in [6, 6.07) is 2.22. The maximum atomic E-state index is 13.3. The predicted molar refractivity (Wildman–Crippen MR) is 84.8 cm³/mol. The van der Waals surface area contributed by atoms with E-state index in [1.165, 1.54) is 6.07 Å².